The zero-order valence-electron chi connectivity index (χ0n) is 12.4. The molecule has 3 heterocycles. The van der Waals surface area contributed by atoms with Crippen LogP contribution in [0.1, 0.15) is 12.8 Å². The SMILES string of the molecule is Cl.O=C(C1CSC23CC=CC=C2N=CCC13)N1CCOCC1. The molecule has 4 nitrogen and oxygen atoms in total. The van der Waals surface area contributed by atoms with E-state index in [9.17, 15) is 4.79 Å². The van der Waals surface area contributed by atoms with Crippen molar-refractivity contribution < 1.29 is 9.53 Å². The van der Waals surface area contributed by atoms with Crippen molar-refractivity contribution >= 4 is 36.3 Å². The Morgan fingerprint density at radius 3 is 3.05 bits per heavy atom. The van der Waals surface area contributed by atoms with Gasteiger partial charge in [-0.1, -0.05) is 12.2 Å². The Balaban J connectivity index is 0.00000144. The van der Waals surface area contributed by atoms with Gasteiger partial charge in [0, 0.05) is 25.1 Å². The van der Waals surface area contributed by atoms with Crippen LogP contribution in [0.3, 0.4) is 0 Å². The van der Waals surface area contributed by atoms with Crippen LogP contribution < -0.4 is 0 Å². The molecule has 4 aliphatic rings. The molecule has 1 spiro atoms. The Labute approximate surface area is 141 Å². The molecule has 0 saturated carbocycles. The van der Waals surface area contributed by atoms with Gasteiger partial charge in [0.25, 0.3) is 0 Å². The molecule has 0 aromatic heterocycles. The van der Waals surface area contributed by atoms with Crippen LogP contribution in [0.25, 0.3) is 0 Å². The topological polar surface area (TPSA) is 41.9 Å². The second-order valence-electron chi connectivity index (χ2n) is 6.08. The first-order valence-electron chi connectivity index (χ1n) is 7.71. The maximum atomic E-state index is 12.9. The number of thioether (sulfide) groups is 1. The van der Waals surface area contributed by atoms with Crippen LogP contribution in [0.4, 0.5) is 0 Å². The molecule has 3 atom stereocenters. The third-order valence-corrected chi connectivity index (χ3v) is 6.80. The summed E-state index contributed by atoms with van der Waals surface area (Å²) in [7, 11) is 0. The zero-order valence-corrected chi connectivity index (χ0v) is 14.1. The summed E-state index contributed by atoms with van der Waals surface area (Å²) in [5, 5.41) is 0. The van der Waals surface area contributed by atoms with Gasteiger partial charge in [0.05, 0.1) is 29.6 Å². The lowest BCUT2D eigenvalue weighted by Crippen LogP contribution is -2.48. The van der Waals surface area contributed by atoms with E-state index in [1.54, 1.807) is 0 Å². The number of rotatable bonds is 1. The second kappa shape index (κ2) is 6.38. The highest BCUT2D eigenvalue weighted by molar-refractivity contribution is 8.01. The lowest BCUT2D eigenvalue weighted by molar-refractivity contribution is -0.140. The molecule has 22 heavy (non-hydrogen) atoms. The van der Waals surface area contributed by atoms with E-state index in [-0.39, 0.29) is 23.1 Å². The average molecular weight is 341 g/mol. The summed E-state index contributed by atoms with van der Waals surface area (Å²) >= 11 is 1.95. The number of hydrogen-bond acceptors (Lipinski definition) is 4. The number of nitrogens with zero attached hydrogens (tertiary/aromatic N) is 2. The van der Waals surface area contributed by atoms with Gasteiger partial charge >= 0.3 is 0 Å². The molecule has 0 radical (unpaired) electrons. The van der Waals surface area contributed by atoms with Crippen LogP contribution in [-0.4, -0.2) is 53.8 Å². The van der Waals surface area contributed by atoms with Crippen LogP contribution in [0, 0.1) is 11.8 Å². The van der Waals surface area contributed by atoms with Gasteiger partial charge in [0.1, 0.15) is 0 Å². The summed E-state index contributed by atoms with van der Waals surface area (Å²) < 4.78 is 5.42. The summed E-state index contributed by atoms with van der Waals surface area (Å²) in [5.41, 5.74) is 1.17. The molecule has 1 aliphatic carbocycles. The van der Waals surface area contributed by atoms with E-state index in [1.165, 1.54) is 5.70 Å². The van der Waals surface area contributed by atoms with E-state index in [0.717, 1.165) is 31.7 Å². The highest BCUT2D eigenvalue weighted by Gasteiger charge is 2.55. The molecule has 0 aromatic carbocycles. The van der Waals surface area contributed by atoms with Crippen LogP contribution in [0.5, 0.6) is 0 Å². The quantitative estimate of drug-likeness (QED) is 0.735. The van der Waals surface area contributed by atoms with Crippen molar-refractivity contribution in [2.75, 3.05) is 32.1 Å². The third kappa shape index (κ3) is 2.43. The van der Waals surface area contributed by atoms with Crippen molar-refractivity contribution in [3.63, 3.8) is 0 Å². The van der Waals surface area contributed by atoms with Crippen molar-refractivity contribution in [1.82, 2.24) is 4.90 Å². The molecule has 1 amide bonds. The van der Waals surface area contributed by atoms with Crippen molar-refractivity contribution in [2.24, 2.45) is 16.8 Å². The predicted octanol–water partition coefficient (Wildman–Crippen LogP) is 2.30. The maximum absolute atomic E-state index is 12.9. The van der Waals surface area contributed by atoms with E-state index in [4.69, 9.17) is 4.74 Å². The van der Waals surface area contributed by atoms with Crippen LogP contribution in [-0.2, 0) is 9.53 Å². The highest BCUT2D eigenvalue weighted by Crippen LogP contribution is 2.57. The first-order chi connectivity index (χ1) is 10.3. The van der Waals surface area contributed by atoms with E-state index >= 15 is 0 Å². The molecule has 6 heteroatoms. The number of morpholine rings is 1. The predicted molar refractivity (Wildman–Crippen MR) is 91.8 cm³/mol. The van der Waals surface area contributed by atoms with E-state index in [1.807, 2.05) is 22.9 Å². The zero-order chi connectivity index (χ0) is 14.3. The summed E-state index contributed by atoms with van der Waals surface area (Å²) in [6.07, 6.45) is 10.4. The highest BCUT2D eigenvalue weighted by atomic mass is 35.5. The van der Waals surface area contributed by atoms with Gasteiger partial charge in [-0.3, -0.25) is 9.79 Å². The van der Waals surface area contributed by atoms with Crippen molar-refractivity contribution in [1.29, 1.82) is 0 Å². The third-order valence-electron chi connectivity index (χ3n) is 5.08. The van der Waals surface area contributed by atoms with E-state index in [0.29, 0.717) is 25.0 Å². The fraction of sp³-hybridized carbons (Fsp3) is 0.625. The Morgan fingerprint density at radius 2 is 2.23 bits per heavy atom. The molecule has 0 bridgehead atoms. The number of allylic oxidation sites excluding steroid dienone is 3. The van der Waals surface area contributed by atoms with Crippen LogP contribution in [0.2, 0.25) is 0 Å². The summed E-state index contributed by atoms with van der Waals surface area (Å²) in [6.45, 7) is 2.85. The van der Waals surface area contributed by atoms with Gasteiger partial charge in [-0.25, -0.2) is 0 Å². The fourth-order valence-electron chi connectivity index (χ4n) is 3.94. The van der Waals surface area contributed by atoms with Crippen molar-refractivity contribution in [3.05, 3.63) is 23.9 Å². The Kier molecular flexibility index (Phi) is 4.67. The molecule has 3 unspecified atom stereocenters. The fourth-order valence-corrected chi connectivity index (χ4v) is 5.75. The van der Waals surface area contributed by atoms with Crippen molar-refractivity contribution in [3.8, 4) is 0 Å². The monoisotopic (exact) mass is 340 g/mol. The molecule has 3 aliphatic heterocycles. The summed E-state index contributed by atoms with van der Waals surface area (Å²) in [5.74, 6) is 1.79. The van der Waals surface area contributed by atoms with E-state index < -0.39 is 0 Å². The minimum Gasteiger partial charge on any atom is -0.378 e. The van der Waals surface area contributed by atoms with Gasteiger partial charge < -0.3 is 9.64 Å². The van der Waals surface area contributed by atoms with Gasteiger partial charge in [0.2, 0.25) is 5.91 Å². The lowest BCUT2D eigenvalue weighted by atomic mass is 9.73. The van der Waals surface area contributed by atoms with Gasteiger partial charge in [-0.05, 0) is 24.8 Å². The number of aliphatic imine (C=N–C) groups is 1. The number of amides is 1. The number of halogens is 1. The molecule has 4 rings (SSSR count). The van der Waals surface area contributed by atoms with Crippen LogP contribution >= 0.6 is 24.2 Å². The first-order valence-corrected chi connectivity index (χ1v) is 8.70. The number of carbonyl (C=O) groups is 1. The number of hydrogen-bond donors (Lipinski definition) is 0. The van der Waals surface area contributed by atoms with Crippen LogP contribution in [0.15, 0.2) is 28.9 Å². The average Bonchev–Trinajstić information content (AvgIpc) is 2.93. The Bertz CT molecular complexity index is 542. The number of ether oxygens (including phenoxy) is 1. The Hall–Kier alpha value is -0.780. The first kappa shape index (κ1) is 16.1. The molecule has 0 aromatic rings. The minimum atomic E-state index is 0. The largest absolute Gasteiger partial charge is 0.378 e. The molecule has 2 saturated heterocycles. The van der Waals surface area contributed by atoms with E-state index in [2.05, 4.69) is 23.2 Å². The maximum Gasteiger partial charge on any atom is 0.227 e. The lowest BCUT2D eigenvalue weighted by Gasteiger charge is -2.40. The molecular formula is C16H21ClN2O2S. The smallest absolute Gasteiger partial charge is 0.227 e. The number of carbonyl (C=O) groups excluding carboxylic acids is 1. The molecular weight excluding hydrogens is 320 g/mol. The molecule has 120 valence electrons. The van der Waals surface area contributed by atoms with Gasteiger partial charge in [-0.2, -0.15) is 0 Å². The summed E-state index contributed by atoms with van der Waals surface area (Å²) in [4.78, 5) is 19.5. The molecule has 0 N–H and O–H groups in total. The van der Waals surface area contributed by atoms with Gasteiger partial charge in [-0.15, -0.1) is 24.2 Å². The van der Waals surface area contributed by atoms with Crippen molar-refractivity contribution in [2.45, 2.75) is 17.6 Å². The van der Waals surface area contributed by atoms with Gasteiger partial charge in [0.15, 0.2) is 0 Å². The molecule has 2 fully saturated rings. The summed E-state index contributed by atoms with van der Waals surface area (Å²) in [6, 6.07) is 0. The minimum absolute atomic E-state index is 0. The second-order valence-corrected chi connectivity index (χ2v) is 7.43. The normalized spacial score (nSPS) is 36.2. The standard InChI is InChI=1S/C16H20N2O2S.ClH/c19-15(18-7-9-20-10-8-18)12-11-21-16-5-2-1-3-14(16)17-6-4-13(12)16;/h1-3,6,12-13H,4-5,7-11H2;1H. The Morgan fingerprint density at radius 1 is 1.41 bits per heavy atom.